The molecule has 2 aromatic rings. The van der Waals surface area contributed by atoms with Gasteiger partial charge in [-0.15, -0.1) is 0 Å². The van der Waals surface area contributed by atoms with Crippen molar-refractivity contribution in [2.75, 3.05) is 13.2 Å². The molecule has 1 fully saturated rings. The van der Waals surface area contributed by atoms with Gasteiger partial charge in [0.1, 0.15) is 5.60 Å². The largest absolute Gasteiger partial charge is 0.386 e. The molecular weight excluding hydrogens is 298 g/mol. The summed E-state index contributed by atoms with van der Waals surface area (Å²) in [5, 5.41) is 10.6. The van der Waals surface area contributed by atoms with E-state index in [1.807, 2.05) is 13.8 Å². The number of nitrogens with zero attached hydrogens (tertiary/aromatic N) is 2. The molecule has 0 bridgehead atoms. The van der Waals surface area contributed by atoms with Gasteiger partial charge in [0, 0.05) is 24.6 Å². The predicted molar refractivity (Wildman–Crippen MR) is 85.5 cm³/mol. The smallest absolute Gasteiger partial charge is 0.329 e. The highest BCUT2D eigenvalue weighted by molar-refractivity contribution is 5.96. The molecule has 1 saturated heterocycles. The van der Waals surface area contributed by atoms with Gasteiger partial charge in [-0.25, -0.2) is 4.79 Å². The molecule has 1 atom stereocenters. The van der Waals surface area contributed by atoms with Crippen LogP contribution < -0.4 is 11.4 Å². The maximum Gasteiger partial charge on any atom is 0.329 e. The van der Waals surface area contributed by atoms with E-state index in [1.54, 1.807) is 27.3 Å². The fraction of sp³-hybridized carbons (Fsp3) is 0.500. The molecule has 0 spiro atoms. The molecule has 3 N–H and O–H groups in total. The molecule has 0 radical (unpaired) electrons. The van der Waals surface area contributed by atoms with Crippen molar-refractivity contribution >= 4 is 16.9 Å². The molecule has 1 aromatic heterocycles. The molecule has 1 aliphatic heterocycles. The van der Waals surface area contributed by atoms with Gasteiger partial charge in [0.2, 0.25) is 5.91 Å². The Morgan fingerprint density at radius 3 is 2.74 bits per heavy atom. The van der Waals surface area contributed by atoms with Crippen molar-refractivity contribution in [3.8, 4) is 0 Å². The zero-order valence-electron chi connectivity index (χ0n) is 13.3. The number of fused-ring (bicyclic) bond motifs is 1. The molecule has 2 heterocycles. The lowest BCUT2D eigenvalue weighted by Crippen LogP contribution is -2.39. The first-order chi connectivity index (χ1) is 10.8. The van der Waals surface area contributed by atoms with Gasteiger partial charge in [0.25, 0.3) is 0 Å². The van der Waals surface area contributed by atoms with Gasteiger partial charge in [-0.1, -0.05) is 0 Å². The number of aromatic nitrogens is 2. The molecular formula is C16H21N3O4. The summed E-state index contributed by atoms with van der Waals surface area (Å²) < 4.78 is 8.42. The molecule has 23 heavy (non-hydrogen) atoms. The number of hydrogen-bond acceptors (Lipinski definition) is 4. The number of imidazole rings is 1. The highest BCUT2D eigenvalue weighted by Crippen LogP contribution is 2.24. The minimum Gasteiger partial charge on any atom is -0.386 e. The fourth-order valence-corrected chi connectivity index (χ4v) is 3.10. The summed E-state index contributed by atoms with van der Waals surface area (Å²) in [4.78, 5) is 24.2. The van der Waals surface area contributed by atoms with Gasteiger partial charge in [0.05, 0.1) is 24.2 Å². The summed E-state index contributed by atoms with van der Waals surface area (Å²) in [5.41, 5.74) is 5.76. The molecule has 7 heteroatoms. The van der Waals surface area contributed by atoms with Crippen LogP contribution in [-0.2, 0) is 11.3 Å². The third-order valence-electron chi connectivity index (χ3n) is 4.30. The van der Waals surface area contributed by atoms with E-state index in [1.165, 1.54) is 0 Å². The predicted octanol–water partition coefficient (Wildman–Crippen LogP) is 0.634. The molecule has 1 amide bonds. The molecule has 0 aliphatic carbocycles. The number of benzene rings is 1. The Bertz CT molecular complexity index is 813. The van der Waals surface area contributed by atoms with E-state index in [2.05, 4.69) is 0 Å². The van der Waals surface area contributed by atoms with Crippen molar-refractivity contribution in [2.45, 2.75) is 38.5 Å². The maximum atomic E-state index is 12.8. The number of hydrogen-bond donors (Lipinski definition) is 2. The molecule has 124 valence electrons. The van der Waals surface area contributed by atoms with Crippen LogP contribution in [0.15, 0.2) is 23.0 Å². The van der Waals surface area contributed by atoms with E-state index < -0.39 is 11.5 Å². The van der Waals surface area contributed by atoms with E-state index in [4.69, 9.17) is 10.5 Å². The molecule has 1 aromatic carbocycles. The molecule has 0 saturated carbocycles. The van der Waals surface area contributed by atoms with Crippen LogP contribution in [0.4, 0.5) is 0 Å². The molecule has 1 unspecified atom stereocenters. The average molecular weight is 319 g/mol. The first kappa shape index (κ1) is 15.8. The number of rotatable bonds is 4. The van der Waals surface area contributed by atoms with Crippen LogP contribution in [-0.4, -0.2) is 39.0 Å². The van der Waals surface area contributed by atoms with Gasteiger partial charge in [0.15, 0.2) is 0 Å². The molecule has 7 nitrogen and oxygen atoms in total. The highest BCUT2D eigenvalue weighted by atomic mass is 16.5. The molecule has 3 rings (SSSR count). The van der Waals surface area contributed by atoms with E-state index in [0.29, 0.717) is 29.6 Å². The lowest BCUT2D eigenvalue weighted by atomic mass is 10.0. The first-order valence-electron chi connectivity index (χ1n) is 7.67. The number of aliphatic hydroxyl groups is 1. The summed E-state index contributed by atoms with van der Waals surface area (Å²) in [6.45, 7) is 4.66. The zero-order valence-corrected chi connectivity index (χ0v) is 13.3. The van der Waals surface area contributed by atoms with Crippen LogP contribution in [0, 0.1) is 0 Å². The monoisotopic (exact) mass is 319 g/mol. The van der Waals surface area contributed by atoms with Crippen LogP contribution in [0.2, 0.25) is 0 Å². The zero-order chi connectivity index (χ0) is 16.8. The van der Waals surface area contributed by atoms with E-state index >= 15 is 0 Å². The van der Waals surface area contributed by atoms with E-state index in [0.717, 1.165) is 0 Å². The van der Waals surface area contributed by atoms with Crippen molar-refractivity contribution in [1.82, 2.24) is 9.13 Å². The standard InChI is InChI=1S/C16H21N3O4/c1-10(2)19-13-7-11(14(17)20)3-4-12(13)18(15(19)21)8-16(22)5-6-23-9-16/h3-4,7,10,22H,5-6,8-9H2,1-2H3,(H2,17,20). The summed E-state index contributed by atoms with van der Waals surface area (Å²) in [6, 6.07) is 4.85. The number of carbonyl (C=O) groups is 1. The Labute approximate surface area is 133 Å². The van der Waals surface area contributed by atoms with Crippen molar-refractivity contribution < 1.29 is 14.6 Å². The van der Waals surface area contributed by atoms with Crippen molar-refractivity contribution in [3.63, 3.8) is 0 Å². The van der Waals surface area contributed by atoms with Gasteiger partial charge in [-0.05, 0) is 32.0 Å². The normalized spacial score (nSPS) is 21.4. The Kier molecular flexibility index (Phi) is 3.77. The van der Waals surface area contributed by atoms with E-state index in [9.17, 15) is 14.7 Å². The summed E-state index contributed by atoms with van der Waals surface area (Å²) in [6.07, 6.45) is 0.493. The van der Waals surface area contributed by atoms with Crippen molar-refractivity contribution in [2.24, 2.45) is 5.73 Å². The third-order valence-corrected chi connectivity index (χ3v) is 4.30. The van der Waals surface area contributed by atoms with Crippen molar-refractivity contribution in [3.05, 3.63) is 34.2 Å². The Hall–Kier alpha value is -2.12. The Balaban J connectivity index is 2.19. The van der Waals surface area contributed by atoms with E-state index in [-0.39, 0.29) is 24.9 Å². The number of amides is 1. The quantitative estimate of drug-likeness (QED) is 0.863. The van der Waals surface area contributed by atoms with Gasteiger partial charge < -0.3 is 15.6 Å². The fourth-order valence-electron chi connectivity index (χ4n) is 3.10. The minimum atomic E-state index is -1.04. The Morgan fingerprint density at radius 1 is 1.43 bits per heavy atom. The second-order valence-corrected chi connectivity index (χ2v) is 6.43. The number of nitrogens with two attached hydrogens (primary N) is 1. The second kappa shape index (κ2) is 5.50. The van der Waals surface area contributed by atoms with Crippen LogP contribution in [0.5, 0.6) is 0 Å². The van der Waals surface area contributed by atoms with Crippen LogP contribution in [0.1, 0.15) is 36.7 Å². The number of primary amides is 1. The maximum absolute atomic E-state index is 12.8. The van der Waals surface area contributed by atoms with Gasteiger partial charge in [-0.2, -0.15) is 0 Å². The number of carbonyl (C=O) groups excluding carboxylic acids is 1. The summed E-state index contributed by atoms with van der Waals surface area (Å²) >= 11 is 0. The average Bonchev–Trinajstić information content (AvgIpc) is 3.01. The molecule has 1 aliphatic rings. The topological polar surface area (TPSA) is 99.5 Å². The lowest BCUT2D eigenvalue weighted by molar-refractivity contribution is 0.0118. The SMILES string of the molecule is CC(C)n1c(=O)n(CC2(O)CCOC2)c2ccc(C(N)=O)cc21. The van der Waals surface area contributed by atoms with Crippen LogP contribution in [0.25, 0.3) is 11.0 Å². The van der Waals surface area contributed by atoms with Crippen molar-refractivity contribution in [1.29, 1.82) is 0 Å². The lowest BCUT2D eigenvalue weighted by Gasteiger charge is -2.20. The van der Waals surface area contributed by atoms with Gasteiger partial charge in [-0.3, -0.25) is 13.9 Å². The summed E-state index contributed by atoms with van der Waals surface area (Å²) in [7, 11) is 0. The first-order valence-corrected chi connectivity index (χ1v) is 7.67. The highest BCUT2D eigenvalue weighted by Gasteiger charge is 2.34. The van der Waals surface area contributed by atoms with Crippen LogP contribution >= 0.6 is 0 Å². The van der Waals surface area contributed by atoms with Crippen LogP contribution in [0.3, 0.4) is 0 Å². The third kappa shape index (κ3) is 2.66. The second-order valence-electron chi connectivity index (χ2n) is 6.43. The minimum absolute atomic E-state index is 0.0798. The summed E-state index contributed by atoms with van der Waals surface area (Å²) in [5.74, 6) is -0.537. The Morgan fingerprint density at radius 2 is 2.17 bits per heavy atom. The number of ether oxygens (including phenoxy) is 1. The van der Waals surface area contributed by atoms with Gasteiger partial charge >= 0.3 is 5.69 Å².